The zero-order chi connectivity index (χ0) is 27.0. The van der Waals surface area contributed by atoms with Crippen molar-refractivity contribution in [2.45, 2.75) is 44.0 Å². The predicted molar refractivity (Wildman–Crippen MR) is 160 cm³/mol. The number of rotatable bonds is 10. The van der Waals surface area contributed by atoms with E-state index in [1.54, 1.807) is 12.1 Å². The zero-order valence-electron chi connectivity index (χ0n) is 22.2. The van der Waals surface area contributed by atoms with Crippen molar-refractivity contribution < 1.29 is 14.3 Å². The Kier molecular flexibility index (Phi) is 10.1. The normalized spacial score (nSPS) is 16.3. The number of benzene rings is 4. The topological polar surface area (TPSA) is 84.7 Å². The Hall–Kier alpha value is -3.97. The molecule has 2 amide bonds. The van der Waals surface area contributed by atoms with E-state index >= 15 is 0 Å². The third-order valence-corrected chi connectivity index (χ3v) is 7.00. The Labute approximate surface area is 241 Å². The number of nitrogens with zero attached hydrogens (tertiary/aromatic N) is 1. The van der Waals surface area contributed by atoms with Gasteiger partial charge >= 0.3 is 6.09 Å². The molecular weight excluding hydrogens is 522 g/mol. The lowest BCUT2D eigenvalue weighted by molar-refractivity contribution is -0.119. The Morgan fingerprint density at radius 1 is 0.800 bits per heavy atom. The minimum atomic E-state index is -0.897. The van der Waals surface area contributed by atoms with Crippen LogP contribution in [0.1, 0.15) is 34.6 Å². The fourth-order valence-corrected chi connectivity index (χ4v) is 4.73. The SMILES string of the molecule is Cl.N[C@@H](Cc1ccccc1)C(=O)N(C(=O)OCc1ccccc1)c1ccc(C2CC2NCc2ccccc2)cc1. The summed E-state index contributed by atoms with van der Waals surface area (Å²) in [7, 11) is 0. The van der Waals surface area contributed by atoms with E-state index in [4.69, 9.17) is 10.5 Å². The summed E-state index contributed by atoms with van der Waals surface area (Å²) >= 11 is 0. The molecule has 0 aliphatic heterocycles. The number of hydrogen-bond acceptors (Lipinski definition) is 5. The first-order chi connectivity index (χ1) is 19.1. The Bertz CT molecular complexity index is 1370. The molecule has 0 radical (unpaired) electrons. The smallest absolute Gasteiger partial charge is 0.421 e. The Balaban J connectivity index is 0.00000370. The van der Waals surface area contributed by atoms with Gasteiger partial charge in [-0.25, -0.2) is 9.69 Å². The summed E-state index contributed by atoms with van der Waals surface area (Å²) in [6.45, 7) is 0.890. The van der Waals surface area contributed by atoms with Gasteiger partial charge in [0.15, 0.2) is 0 Å². The van der Waals surface area contributed by atoms with Gasteiger partial charge in [0.05, 0.1) is 11.7 Å². The van der Waals surface area contributed by atoms with E-state index < -0.39 is 18.0 Å². The van der Waals surface area contributed by atoms with Gasteiger partial charge in [-0.1, -0.05) is 103 Å². The van der Waals surface area contributed by atoms with Gasteiger partial charge in [-0.05, 0) is 47.2 Å². The molecular formula is C33H34ClN3O3. The highest BCUT2D eigenvalue weighted by atomic mass is 35.5. The van der Waals surface area contributed by atoms with E-state index in [1.807, 2.05) is 91.0 Å². The van der Waals surface area contributed by atoms with Crippen LogP contribution in [-0.4, -0.2) is 24.1 Å². The third kappa shape index (κ3) is 7.57. The lowest BCUT2D eigenvalue weighted by Crippen LogP contribution is -2.48. The summed E-state index contributed by atoms with van der Waals surface area (Å²) in [5.74, 6) is -0.101. The fourth-order valence-electron chi connectivity index (χ4n) is 4.73. The number of ether oxygens (including phenoxy) is 1. The second-order valence-corrected chi connectivity index (χ2v) is 9.92. The fraction of sp³-hybridized carbons (Fsp3) is 0.212. The monoisotopic (exact) mass is 555 g/mol. The lowest BCUT2D eigenvalue weighted by Gasteiger charge is -2.24. The molecule has 40 heavy (non-hydrogen) atoms. The van der Waals surface area contributed by atoms with Crippen LogP contribution in [0.5, 0.6) is 0 Å². The average molecular weight is 556 g/mol. The van der Waals surface area contributed by atoms with E-state index in [1.165, 1.54) is 11.1 Å². The molecule has 206 valence electrons. The van der Waals surface area contributed by atoms with Gasteiger partial charge in [0.25, 0.3) is 5.91 Å². The van der Waals surface area contributed by atoms with E-state index in [9.17, 15) is 9.59 Å². The molecule has 3 N–H and O–H groups in total. The number of imide groups is 1. The number of amides is 2. The van der Waals surface area contributed by atoms with Crippen LogP contribution in [0.2, 0.25) is 0 Å². The van der Waals surface area contributed by atoms with Crippen LogP contribution in [0.25, 0.3) is 0 Å². The van der Waals surface area contributed by atoms with Gasteiger partial charge in [-0.2, -0.15) is 0 Å². The average Bonchev–Trinajstić information content (AvgIpc) is 3.77. The number of carbonyl (C=O) groups excluding carboxylic acids is 2. The largest absolute Gasteiger partial charge is 0.444 e. The van der Waals surface area contributed by atoms with Gasteiger partial charge in [-0.3, -0.25) is 4.79 Å². The van der Waals surface area contributed by atoms with Crippen LogP contribution in [0.15, 0.2) is 115 Å². The molecule has 3 atom stereocenters. The molecule has 4 aromatic rings. The van der Waals surface area contributed by atoms with E-state index in [0.29, 0.717) is 24.1 Å². The van der Waals surface area contributed by atoms with Crippen molar-refractivity contribution in [3.8, 4) is 0 Å². The van der Waals surface area contributed by atoms with Crippen molar-refractivity contribution in [3.63, 3.8) is 0 Å². The standard InChI is InChI=1S/C33H33N3O3.ClH/c34-30(20-24-10-4-1-5-11-24)32(37)36(33(38)39-23-26-14-8-3-9-15-26)28-18-16-27(17-19-28)29-21-31(29)35-22-25-12-6-2-7-13-25;/h1-19,29-31,35H,20-23,34H2;1H/t29?,30-,31?;/m0./s1. The molecule has 1 aliphatic rings. The van der Waals surface area contributed by atoms with Crippen molar-refractivity contribution in [2.24, 2.45) is 5.73 Å². The molecule has 0 bridgehead atoms. The summed E-state index contributed by atoms with van der Waals surface area (Å²) in [5.41, 5.74) is 10.9. The second-order valence-electron chi connectivity index (χ2n) is 9.92. The first-order valence-corrected chi connectivity index (χ1v) is 13.3. The summed E-state index contributed by atoms with van der Waals surface area (Å²) in [6.07, 6.45) is 0.626. The molecule has 0 spiro atoms. The van der Waals surface area contributed by atoms with E-state index in [2.05, 4.69) is 17.4 Å². The van der Waals surface area contributed by atoms with Gasteiger partial charge in [-0.15, -0.1) is 12.4 Å². The molecule has 0 saturated heterocycles. The molecule has 7 heteroatoms. The molecule has 1 saturated carbocycles. The molecule has 0 aromatic heterocycles. The predicted octanol–water partition coefficient (Wildman–Crippen LogP) is 5.99. The van der Waals surface area contributed by atoms with Crippen LogP contribution in [0, 0.1) is 0 Å². The summed E-state index contributed by atoms with van der Waals surface area (Å²) in [6, 6.07) is 36.3. The van der Waals surface area contributed by atoms with E-state index in [-0.39, 0.29) is 19.0 Å². The highest BCUT2D eigenvalue weighted by Crippen LogP contribution is 2.41. The summed E-state index contributed by atoms with van der Waals surface area (Å²) in [4.78, 5) is 27.8. The van der Waals surface area contributed by atoms with Crippen LogP contribution in [0.4, 0.5) is 10.5 Å². The van der Waals surface area contributed by atoms with Gasteiger partial charge < -0.3 is 15.8 Å². The quantitative estimate of drug-likeness (QED) is 0.251. The minimum Gasteiger partial charge on any atom is -0.444 e. The van der Waals surface area contributed by atoms with Crippen molar-refractivity contribution in [1.82, 2.24) is 5.32 Å². The molecule has 0 heterocycles. The van der Waals surface area contributed by atoms with Gasteiger partial charge in [0.2, 0.25) is 0 Å². The zero-order valence-corrected chi connectivity index (χ0v) is 23.0. The lowest BCUT2D eigenvalue weighted by atomic mass is 10.0. The summed E-state index contributed by atoms with van der Waals surface area (Å²) in [5, 5.41) is 3.61. The molecule has 2 unspecified atom stereocenters. The van der Waals surface area contributed by atoms with Crippen molar-refractivity contribution in [2.75, 3.05) is 4.90 Å². The van der Waals surface area contributed by atoms with Crippen LogP contribution >= 0.6 is 12.4 Å². The van der Waals surface area contributed by atoms with Crippen molar-refractivity contribution >= 4 is 30.1 Å². The van der Waals surface area contributed by atoms with Crippen molar-refractivity contribution in [3.05, 3.63) is 138 Å². The first kappa shape index (κ1) is 29.0. The Morgan fingerprint density at radius 3 is 1.95 bits per heavy atom. The maximum absolute atomic E-state index is 13.5. The number of anilines is 1. The number of hydrogen-bond donors (Lipinski definition) is 2. The third-order valence-electron chi connectivity index (χ3n) is 7.00. The molecule has 4 aromatic carbocycles. The van der Waals surface area contributed by atoms with Gasteiger partial charge in [0.1, 0.15) is 6.61 Å². The first-order valence-electron chi connectivity index (χ1n) is 13.3. The molecule has 5 rings (SSSR count). The molecule has 1 fully saturated rings. The second kappa shape index (κ2) is 13.9. The molecule has 1 aliphatic carbocycles. The van der Waals surface area contributed by atoms with Crippen molar-refractivity contribution in [1.29, 1.82) is 0 Å². The number of nitrogens with two attached hydrogens (primary N) is 1. The van der Waals surface area contributed by atoms with Crippen LogP contribution in [0.3, 0.4) is 0 Å². The van der Waals surface area contributed by atoms with Crippen LogP contribution < -0.4 is 16.0 Å². The van der Waals surface area contributed by atoms with Gasteiger partial charge in [0, 0.05) is 18.5 Å². The summed E-state index contributed by atoms with van der Waals surface area (Å²) < 4.78 is 5.55. The maximum Gasteiger partial charge on any atom is 0.421 e. The minimum absolute atomic E-state index is 0. The number of nitrogens with one attached hydrogen (secondary N) is 1. The highest BCUT2D eigenvalue weighted by Gasteiger charge is 2.38. The highest BCUT2D eigenvalue weighted by molar-refractivity contribution is 6.14. The van der Waals surface area contributed by atoms with Crippen LogP contribution in [-0.2, 0) is 29.1 Å². The van der Waals surface area contributed by atoms with E-state index in [0.717, 1.165) is 29.0 Å². The Morgan fingerprint density at radius 2 is 1.35 bits per heavy atom. The maximum atomic E-state index is 13.5. The number of halogens is 1. The molecule has 6 nitrogen and oxygen atoms in total. The number of carbonyl (C=O) groups is 2.